The molecule has 2 aliphatic heterocycles. The highest BCUT2D eigenvalue weighted by Gasteiger charge is 2.27. The molecule has 0 bridgehead atoms. The summed E-state index contributed by atoms with van der Waals surface area (Å²) in [6.07, 6.45) is 7.23. The van der Waals surface area contributed by atoms with Crippen LogP contribution in [0.15, 0.2) is 71.7 Å². The average Bonchev–Trinajstić information content (AvgIpc) is 3.48. The predicted octanol–water partition coefficient (Wildman–Crippen LogP) is 4.09. The second-order valence-electron chi connectivity index (χ2n) is 7.53. The largest absolute Gasteiger partial charge is 0.472 e. The van der Waals surface area contributed by atoms with Gasteiger partial charge in [-0.25, -0.2) is 0 Å². The molecular weight excluding hydrogens is 378 g/mol. The van der Waals surface area contributed by atoms with Gasteiger partial charge in [-0.3, -0.25) is 14.9 Å². The Morgan fingerprint density at radius 2 is 1.83 bits per heavy atom. The summed E-state index contributed by atoms with van der Waals surface area (Å²) in [5.41, 5.74) is 5.39. The highest BCUT2D eigenvalue weighted by Crippen LogP contribution is 2.30. The molecule has 3 N–H and O–H groups in total. The molecule has 0 saturated carbocycles. The number of imide groups is 1. The standard InChI is InChI=1S/C24H21N3O3/c28-23-19-8-5-16(17-9-11-30-14-17)12-20(19)21(24(29)27-23)13-26-18-6-3-15(4-7-18)22-2-1-10-25-22/h3-9,11-14,22,25-26H,1-2,10H2,(H,27,28,29)/b21-13-. The molecule has 3 heterocycles. The number of carbonyl (C=O) groups is 2. The van der Waals surface area contributed by atoms with E-state index >= 15 is 0 Å². The lowest BCUT2D eigenvalue weighted by Crippen LogP contribution is -2.36. The van der Waals surface area contributed by atoms with Crippen LogP contribution in [0.1, 0.15) is 40.4 Å². The minimum absolute atomic E-state index is 0.390. The summed E-state index contributed by atoms with van der Waals surface area (Å²) in [5, 5.41) is 9.10. The Balaban J connectivity index is 1.44. The van der Waals surface area contributed by atoms with Crippen LogP contribution in [0.2, 0.25) is 0 Å². The molecular formula is C24H21N3O3. The smallest absolute Gasteiger partial charge is 0.260 e. The number of rotatable bonds is 4. The topological polar surface area (TPSA) is 83.4 Å². The number of carbonyl (C=O) groups excluding carboxylic acids is 2. The van der Waals surface area contributed by atoms with Crippen LogP contribution in [0, 0.1) is 0 Å². The van der Waals surface area contributed by atoms with Crippen molar-refractivity contribution in [1.29, 1.82) is 0 Å². The van der Waals surface area contributed by atoms with Gasteiger partial charge >= 0.3 is 0 Å². The van der Waals surface area contributed by atoms with Gasteiger partial charge in [0.05, 0.1) is 18.1 Å². The van der Waals surface area contributed by atoms with E-state index in [2.05, 4.69) is 28.1 Å². The number of furan rings is 1. The van der Waals surface area contributed by atoms with Crippen molar-refractivity contribution in [2.24, 2.45) is 0 Å². The molecule has 1 fully saturated rings. The van der Waals surface area contributed by atoms with Gasteiger partial charge in [0.15, 0.2) is 0 Å². The predicted molar refractivity (Wildman–Crippen MR) is 115 cm³/mol. The van der Waals surface area contributed by atoms with E-state index in [0.717, 1.165) is 29.8 Å². The van der Waals surface area contributed by atoms with Gasteiger partial charge < -0.3 is 15.1 Å². The molecule has 5 rings (SSSR count). The van der Waals surface area contributed by atoms with E-state index in [1.165, 1.54) is 12.0 Å². The Kier molecular flexibility index (Phi) is 4.69. The Morgan fingerprint density at radius 3 is 2.57 bits per heavy atom. The van der Waals surface area contributed by atoms with Gasteiger partial charge in [-0.05, 0) is 60.8 Å². The van der Waals surface area contributed by atoms with Gasteiger partial charge in [0, 0.05) is 34.6 Å². The minimum atomic E-state index is -0.420. The third-order valence-corrected chi connectivity index (χ3v) is 5.64. The second-order valence-corrected chi connectivity index (χ2v) is 7.53. The molecule has 0 radical (unpaired) electrons. The maximum atomic E-state index is 12.5. The highest BCUT2D eigenvalue weighted by atomic mass is 16.3. The van der Waals surface area contributed by atoms with Gasteiger partial charge in [0.1, 0.15) is 0 Å². The molecule has 1 saturated heterocycles. The quantitative estimate of drug-likeness (QED) is 0.455. The van der Waals surface area contributed by atoms with Gasteiger partial charge in [0.2, 0.25) is 0 Å². The van der Waals surface area contributed by atoms with Gasteiger partial charge in [-0.15, -0.1) is 0 Å². The van der Waals surface area contributed by atoms with E-state index in [0.29, 0.717) is 22.7 Å². The zero-order valence-electron chi connectivity index (χ0n) is 16.3. The van der Waals surface area contributed by atoms with Crippen molar-refractivity contribution < 1.29 is 14.0 Å². The summed E-state index contributed by atoms with van der Waals surface area (Å²) in [6.45, 7) is 1.06. The van der Waals surface area contributed by atoms with Gasteiger partial charge in [-0.2, -0.15) is 0 Å². The van der Waals surface area contributed by atoms with Gasteiger partial charge in [0.25, 0.3) is 11.8 Å². The SMILES string of the molecule is O=C1NC(=O)c2ccc(-c3ccoc3)cc2/C1=C/Nc1ccc(C2CCCN2)cc1. The molecule has 6 heteroatoms. The van der Waals surface area contributed by atoms with Crippen LogP contribution in [0.25, 0.3) is 16.7 Å². The van der Waals surface area contributed by atoms with Crippen molar-refractivity contribution in [1.82, 2.24) is 10.6 Å². The summed E-state index contributed by atoms with van der Waals surface area (Å²) >= 11 is 0. The second kappa shape index (κ2) is 7.65. The summed E-state index contributed by atoms with van der Waals surface area (Å²) in [7, 11) is 0. The number of hydrogen-bond acceptors (Lipinski definition) is 5. The summed E-state index contributed by atoms with van der Waals surface area (Å²) in [6, 6.07) is 15.9. The fraction of sp³-hybridized carbons (Fsp3) is 0.167. The van der Waals surface area contributed by atoms with Crippen molar-refractivity contribution in [3.05, 3.63) is 83.9 Å². The first-order valence-electron chi connectivity index (χ1n) is 10.0. The van der Waals surface area contributed by atoms with Crippen LogP contribution in [0.5, 0.6) is 0 Å². The first kappa shape index (κ1) is 18.4. The molecule has 0 aliphatic carbocycles. The van der Waals surface area contributed by atoms with Crippen LogP contribution in [0.3, 0.4) is 0 Å². The van der Waals surface area contributed by atoms with E-state index in [4.69, 9.17) is 4.42 Å². The van der Waals surface area contributed by atoms with Crippen molar-refractivity contribution in [3.8, 4) is 11.1 Å². The number of hydrogen-bond donors (Lipinski definition) is 3. The normalized spacial score (nSPS) is 19.6. The molecule has 30 heavy (non-hydrogen) atoms. The first-order valence-corrected chi connectivity index (χ1v) is 10.0. The summed E-state index contributed by atoms with van der Waals surface area (Å²) in [4.78, 5) is 24.8. The van der Waals surface area contributed by atoms with E-state index in [1.807, 2.05) is 30.3 Å². The molecule has 3 aromatic rings. The molecule has 1 aromatic heterocycles. The minimum Gasteiger partial charge on any atom is -0.472 e. The van der Waals surface area contributed by atoms with E-state index < -0.39 is 5.91 Å². The van der Waals surface area contributed by atoms with E-state index in [9.17, 15) is 9.59 Å². The molecule has 1 unspecified atom stereocenters. The number of amides is 2. The van der Waals surface area contributed by atoms with Crippen LogP contribution < -0.4 is 16.0 Å². The molecule has 150 valence electrons. The maximum Gasteiger partial charge on any atom is 0.260 e. The van der Waals surface area contributed by atoms with Crippen LogP contribution in [0.4, 0.5) is 5.69 Å². The molecule has 2 aromatic carbocycles. The molecule has 6 nitrogen and oxygen atoms in total. The Labute approximate surface area is 174 Å². The van der Waals surface area contributed by atoms with Crippen LogP contribution in [-0.4, -0.2) is 18.4 Å². The summed E-state index contributed by atoms with van der Waals surface area (Å²) < 4.78 is 5.16. The third kappa shape index (κ3) is 3.42. The number of fused-ring (bicyclic) bond motifs is 1. The Bertz CT molecular complexity index is 1130. The van der Waals surface area contributed by atoms with Crippen molar-refractivity contribution in [2.45, 2.75) is 18.9 Å². The molecule has 2 aliphatic rings. The van der Waals surface area contributed by atoms with Crippen LogP contribution in [-0.2, 0) is 4.79 Å². The first-order chi connectivity index (χ1) is 14.7. The third-order valence-electron chi connectivity index (χ3n) is 5.64. The fourth-order valence-corrected chi connectivity index (χ4v) is 4.01. The number of nitrogens with one attached hydrogen (secondary N) is 3. The van der Waals surface area contributed by atoms with Crippen LogP contribution >= 0.6 is 0 Å². The number of benzene rings is 2. The van der Waals surface area contributed by atoms with Crippen molar-refractivity contribution >= 4 is 23.1 Å². The molecule has 0 spiro atoms. The number of anilines is 1. The lowest BCUT2D eigenvalue weighted by atomic mass is 9.92. The monoisotopic (exact) mass is 399 g/mol. The zero-order valence-corrected chi connectivity index (χ0v) is 16.3. The van der Waals surface area contributed by atoms with E-state index in [1.54, 1.807) is 24.8 Å². The highest BCUT2D eigenvalue weighted by molar-refractivity contribution is 6.31. The lowest BCUT2D eigenvalue weighted by Gasteiger charge is -2.19. The summed E-state index contributed by atoms with van der Waals surface area (Å²) in [5.74, 6) is -0.810. The Hall–Kier alpha value is -3.64. The molecule has 2 amide bonds. The van der Waals surface area contributed by atoms with Gasteiger partial charge in [-0.1, -0.05) is 18.2 Å². The van der Waals surface area contributed by atoms with Crippen molar-refractivity contribution in [3.63, 3.8) is 0 Å². The van der Waals surface area contributed by atoms with Crippen molar-refractivity contribution in [2.75, 3.05) is 11.9 Å². The molecule has 1 atom stereocenters. The zero-order chi connectivity index (χ0) is 20.5. The maximum absolute atomic E-state index is 12.5. The Morgan fingerprint density at radius 1 is 0.967 bits per heavy atom. The fourth-order valence-electron chi connectivity index (χ4n) is 4.01. The lowest BCUT2D eigenvalue weighted by molar-refractivity contribution is -0.114. The van der Waals surface area contributed by atoms with E-state index in [-0.39, 0.29) is 5.91 Å². The average molecular weight is 399 g/mol.